The van der Waals surface area contributed by atoms with Crippen LogP contribution in [0.15, 0.2) is 39.3 Å². The number of thioether (sulfide) groups is 1. The predicted octanol–water partition coefficient (Wildman–Crippen LogP) is 2.68. The molecule has 2 heterocycles. The van der Waals surface area contributed by atoms with E-state index in [4.69, 9.17) is 5.11 Å². The molecular weight excluding hydrogens is 422 g/mol. The third kappa shape index (κ3) is 5.83. The zero-order valence-electron chi connectivity index (χ0n) is 16.5. The zero-order chi connectivity index (χ0) is 20.9. The van der Waals surface area contributed by atoms with Gasteiger partial charge in [0.15, 0.2) is 10.3 Å². The molecule has 1 atom stereocenters. The van der Waals surface area contributed by atoms with Gasteiger partial charge in [-0.3, -0.25) is 9.79 Å². The van der Waals surface area contributed by atoms with Crippen LogP contribution in [-0.4, -0.2) is 56.1 Å². The summed E-state index contributed by atoms with van der Waals surface area (Å²) in [6.07, 6.45) is 1.96. The zero-order valence-corrected chi connectivity index (χ0v) is 18.1. The molecule has 1 aromatic heterocycles. The number of nitrogens with one attached hydrogen (secondary N) is 3. The van der Waals surface area contributed by atoms with E-state index >= 15 is 0 Å². The Morgan fingerprint density at radius 2 is 1.97 bits per heavy atom. The van der Waals surface area contributed by atoms with Crippen molar-refractivity contribution in [2.75, 3.05) is 35.6 Å². The predicted molar refractivity (Wildman–Crippen MR) is 120 cm³/mol. The fourth-order valence-corrected chi connectivity index (χ4v) is 4.22. The van der Waals surface area contributed by atoms with Crippen molar-refractivity contribution in [1.29, 1.82) is 0 Å². The molecule has 1 fully saturated rings. The van der Waals surface area contributed by atoms with Gasteiger partial charge in [-0.25, -0.2) is 0 Å². The summed E-state index contributed by atoms with van der Waals surface area (Å²) in [5, 5.41) is 19.9. The van der Waals surface area contributed by atoms with Crippen LogP contribution in [0.5, 0.6) is 0 Å². The number of carbonyl (C=O) groups excluding carboxylic acids is 1. The van der Waals surface area contributed by atoms with E-state index in [9.17, 15) is 4.79 Å². The minimum atomic E-state index is -0.0228. The van der Waals surface area contributed by atoms with E-state index in [1.54, 1.807) is 11.8 Å². The molecule has 1 unspecified atom stereocenters. The molecule has 4 rings (SSSR count). The molecule has 11 heteroatoms. The summed E-state index contributed by atoms with van der Waals surface area (Å²) >= 11 is 3.03. The molecule has 2 aliphatic rings. The summed E-state index contributed by atoms with van der Waals surface area (Å²) < 4.78 is 0. The van der Waals surface area contributed by atoms with Crippen LogP contribution in [0.25, 0.3) is 0 Å². The van der Waals surface area contributed by atoms with Crippen LogP contribution in [0, 0.1) is 5.92 Å². The lowest BCUT2D eigenvalue weighted by atomic mass is 10.3. The maximum atomic E-state index is 11.9. The van der Waals surface area contributed by atoms with E-state index in [1.807, 2.05) is 24.3 Å². The normalized spacial score (nSPS) is 18.1. The number of hydrogen-bond acceptors (Lipinski definition) is 10. The Labute approximate surface area is 183 Å². The number of anilines is 3. The molecule has 9 nitrogen and oxygen atoms in total. The van der Waals surface area contributed by atoms with Crippen molar-refractivity contribution in [3.63, 3.8) is 0 Å². The Morgan fingerprint density at radius 1 is 1.20 bits per heavy atom. The first-order valence-electron chi connectivity index (χ1n) is 9.77. The monoisotopic (exact) mass is 445 g/mol. The van der Waals surface area contributed by atoms with Crippen LogP contribution in [0.3, 0.4) is 0 Å². The highest BCUT2D eigenvalue weighted by atomic mass is 32.2. The number of rotatable bonds is 8. The number of aliphatic hydroxyl groups is 1. The fourth-order valence-electron chi connectivity index (χ4n) is 2.65. The quantitative estimate of drug-likeness (QED) is 0.485. The number of aromatic nitrogens is 3. The molecule has 1 aliphatic carbocycles. The molecule has 0 saturated heterocycles. The van der Waals surface area contributed by atoms with Crippen molar-refractivity contribution >= 4 is 52.2 Å². The molecule has 0 bridgehead atoms. The van der Waals surface area contributed by atoms with E-state index < -0.39 is 0 Å². The Kier molecular flexibility index (Phi) is 6.70. The Morgan fingerprint density at radius 3 is 2.63 bits per heavy atom. The molecule has 1 aromatic carbocycles. The van der Waals surface area contributed by atoms with Crippen LogP contribution in [0.2, 0.25) is 0 Å². The van der Waals surface area contributed by atoms with E-state index in [0.29, 0.717) is 28.8 Å². The number of amidine groups is 1. The first kappa shape index (κ1) is 20.9. The molecule has 0 radical (unpaired) electrons. The maximum Gasteiger partial charge on any atom is 0.234 e. The smallest absolute Gasteiger partial charge is 0.234 e. The van der Waals surface area contributed by atoms with Crippen molar-refractivity contribution < 1.29 is 9.90 Å². The molecule has 4 N–H and O–H groups in total. The van der Waals surface area contributed by atoms with Gasteiger partial charge in [0.1, 0.15) is 0 Å². The lowest BCUT2D eigenvalue weighted by Gasteiger charge is -2.10. The minimum absolute atomic E-state index is 0.0228. The van der Waals surface area contributed by atoms with E-state index in [2.05, 4.69) is 42.8 Å². The molecule has 2 aromatic rings. The molecule has 1 amide bonds. The van der Waals surface area contributed by atoms with E-state index in [-0.39, 0.29) is 18.4 Å². The molecule has 158 valence electrons. The number of hydrogen-bond donors (Lipinski definition) is 4. The van der Waals surface area contributed by atoms with Crippen LogP contribution >= 0.6 is 23.5 Å². The van der Waals surface area contributed by atoms with E-state index in [0.717, 1.165) is 35.1 Å². The number of benzene rings is 1. The summed E-state index contributed by atoms with van der Waals surface area (Å²) in [4.78, 5) is 30.5. The second-order valence-electron chi connectivity index (χ2n) is 7.00. The van der Waals surface area contributed by atoms with Crippen LogP contribution in [-0.2, 0) is 4.79 Å². The largest absolute Gasteiger partial charge is 0.395 e. The highest BCUT2D eigenvalue weighted by molar-refractivity contribution is 8.15. The van der Waals surface area contributed by atoms with Gasteiger partial charge in [-0.1, -0.05) is 18.7 Å². The topological polar surface area (TPSA) is 124 Å². The van der Waals surface area contributed by atoms with Gasteiger partial charge in [0.25, 0.3) is 0 Å². The second-order valence-corrected chi connectivity index (χ2v) is 9.47. The average molecular weight is 446 g/mol. The van der Waals surface area contributed by atoms with Gasteiger partial charge in [0, 0.05) is 28.3 Å². The Balaban J connectivity index is 1.46. The highest BCUT2D eigenvalue weighted by Gasteiger charge is 2.29. The van der Waals surface area contributed by atoms with Crippen molar-refractivity contribution in [2.45, 2.75) is 35.1 Å². The van der Waals surface area contributed by atoms with Gasteiger partial charge in [0.2, 0.25) is 17.8 Å². The molecule has 30 heavy (non-hydrogen) atoms. The number of aliphatic hydroxyl groups excluding tert-OH is 1. The fraction of sp³-hybridized carbons (Fsp3) is 0.421. The SMILES string of the molecule is CC1CN=C(Nc2nc(NCCO)nc(Sc3ccc(NC(=O)C4CC4)cc3)n2)S1. The van der Waals surface area contributed by atoms with E-state index in [1.165, 1.54) is 11.8 Å². The van der Waals surface area contributed by atoms with Gasteiger partial charge in [0.05, 0.1) is 13.2 Å². The first-order chi connectivity index (χ1) is 14.6. The standard InChI is InChI=1S/C19H23N7O2S2/c1-11-10-21-18(29-11)25-17-23-16(20-8-9-27)24-19(26-17)30-14-6-4-13(5-7-14)22-15(28)12-2-3-12/h4-7,11-12,27H,2-3,8-10H2,1H3,(H,22,28)(H2,20,21,23,24,25,26). The van der Waals surface area contributed by atoms with Crippen molar-refractivity contribution in [3.8, 4) is 0 Å². The van der Waals surface area contributed by atoms with Crippen molar-refractivity contribution in [1.82, 2.24) is 15.0 Å². The molecular formula is C19H23N7O2S2. The number of nitrogens with zero attached hydrogens (tertiary/aromatic N) is 4. The maximum absolute atomic E-state index is 11.9. The summed E-state index contributed by atoms with van der Waals surface area (Å²) in [7, 11) is 0. The Bertz CT molecular complexity index is 935. The van der Waals surface area contributed by atoms with Gasteiger partial charge >= 0.3 is 0 Å². The van der Waals surface area contributed by atoms with Crippen molar-refractivity contribution in [2.24, 2.45) is 10.9 Å². The number of aliphatic imine (C=N–C) groups is 1. The number of carbonyl (C=O) groups is 1. The lowest BCUT2D eigenvalue weighted by molar-refractivity contribution is -0.117. The first-order valence-corrected chi connectivity index (χ1v) is 11.5. The van der Waals surface area contributed by atoms with Gasteiger partial charge in [-0.15, -0.1) is 0 Å². The van der Waals surface area contributed by atoms with Gasteiger partial charge < -0.3 is 21.1 Å². The lowest BCUT2D eigenvalue weighted by Crippen LogP contribution is -2.14. The second kappa shape index (κ2) is 9.63. The third-order valence-electron chi connectivity index (χ3n) is 4.31. The van der Waals surface area contributed by atoms with Crippen LogP contribution < -0.4 is 16.0 Å². The van der Waals surface area contributed by atoms with Crippen LogP contribution in [0.1, 0.15) is 19.8 Å². The van der Waals surface area contributed by atoms with Gasteiger partial charge in [-0.05, 0) is 48.9 Å². The highest BCUT2D eigenvalue weighted by Crippen LogP contribution is 2.31. The molecule has 1 aliphatic heterocycles. The van der Waals surface area contributed by atoms with Gasteiger partial charge in [-0.2, -0.15) is 15.0 Å². The summed E-state index contributed by atoms with van der Waals surface area (Å²) in [5.41, 5.74) is 0.782. The minimum Gasteiger partial charge on any atom is -0.395 e. The third-order valence-corrected chi connectivity index (χ3v) is 6.19. The molecule has 1 saturated carbocycles. The van der Waals surface area contributed by atoms with Crippen LogP contribution in [0.4, 0.5) is 17.6 Å². The number of amides is 1. The average Bonchev–Trinajstić information content (AvgIpc) is 3.51. The Hall–Kier alpha value is -2.37. The summed E-state index contributed by atoms with van der Waals surface area (Å²) in [6.45, 7) is 3.20. The molecule has 0 spiro atoms. The summed E-state index contributed by atoms with van der Waals surface area (Å²) in [6, 6.07) is 7.59. The van der Waals surface area contributed by atoms with Crippen molar-refractivity contribution in [3.05, 3.63) is 24.3 Å². The summed E-state index contributed by atoms with van der Waals surface area (Å²) in [5.74, 6) is 1.05.